The van der Waals surface area contributed by atoms with E-state index in [0.29, 0.717) is 10.7 Å². The van der Waals surface area contributed by atoms with Crippen molar-refractivity contribution in [2.45, 2.75) is 6.61 Å². The van der Waals surface area contributed by atoms with Crippen LogP contribution in [0, 0.1) is 0 Å². The number of amides is 1. The van der Waals surface area contributed by atoms with Crippen LogP contribution in [0.2, 0.25) is 5.02 Å². The van der Waals surface area contributed by atoms with Gasteiger partial charge in [0.05, 0.1) is 10.7 Å². The molecule has 0 fully saturated rings. The molecule has 0 radical (unpaired) electrons. The summed E-state index contributed by atoms with van der Waals surface area (Å²) in [6.45, 7) is 0.233. The van der Waals surface area contributed by atoms with E-state index in [1.165, 1.54) is 0 Å². The number of halogens is 1. The van der Waals surface area contributed by atoms with Crippen LogP contribution >= 0.6 is 11.6 Å². The first kappa shape index (κ1) is 16.8. The lowest BCUT2D eigenvalue weighted by molar-refractivity contribution is 0.0993. The normalized spacial score (nSPS) is 10.3. The lowest BCUT2D eigenvalue weighted by Crippen LogP contribution is -2.16. The minimum atomic E-state index is -0.570. The summed E-state index contributed by atoms with van der Waals surface area (Å²) in [5, 5.41) is 2.98. The molecule has 2 aromatic carbocycles. The van der Waals surface area contributed by atoms with Crippen molar-refractivity contribution in [3.05, 3.63) is 93.5 Å². The van der Waals surface area contributed by atoms with Gasteiger partial charge in [0.25, 0.3) is 5.91 Å². The maximum atomic E-state index is 12.2. The van der Waals surface area contributed by atoms with Gasteiger partial charge in [0.2, 0.25) is 11.2 Å². The second-order valence-corrected chi connectivity index (χ2v) is 5.59. The van der Waals surface area contributed by atoms with Crippen LogP contribution in [0.3, 0.4) is 0 Å². The molecule has 1 amide bonds. The molecule has 0 spiro atoms. The average Bonchev–Trinajstić information content (AvgIpc) is 2.63. The molecule has 3 rings (SSSR count). The summed E-state index contributed by atoms with van der Waals surface area (Å²) in [7, 11) is 0. The predicted octanol–water partition coefficient (Wildman–Crippen LogP) is 4.12. The molecule has 0 atom stereocenters. The smallest absolute Gasteiger partial charge is 0.291 e. The standard InChI is InChI=1S/C19H14ClNO4/c20-14-8-4-5-9-15(14)21-19(23)17-10-16(22)18(12-25-17)24-11-13-6-2-1-3-7-13/h1-10,12H,11H2,(H,21,23). The fourth-order valence-corrected chi connectivity index (χ4v) is 2.29. The number of carbonyl (C=O) groups excluding carboxylic acids is 1. The molecule has 3 aromatic rings. The number of para-hydroxylation sites is 1. The monoisotopic (exact) mass is 355 g/mol. The van der Waals surface area contributed by atoms with Crippen molar-refractivity contribution in [1.82, 2.24) is 0 Å². The molecule has 1 heterocycles. The Bertz CT molecular complexity index is 937. The Hall–Kier alpha value is -3.05. The molecular formula is C19H14ClNO4. The highest BCUT2D eigenvalue weighted by Gasteiger charge is 2.13. The van der Waals surface area contributed by atoms with Crippen molar-refractivity contribution in [2.24, 2.45) is 0 Å². The summed E-state index contributed by atoms with van der Waals surface area (Å²) >= 11 is 5.98. The van der Waals surface area contributed by atoms with Crippen LogP contribution in [0.5, 0.6) is 5.75 Å². The number of hydrogen-bond acceptors (Lipinski definition) is 4. The lowest BCUT2D eigenvalue weighted by Gasteiger charge is -2.07. The van der Waals surface area contributed by atoms with E-state index in [1.54, 1.807) is 24.3 Å². The largest absolute Gasteiger partial charge is 0.482 e. The van der Waals surface area contributed by atoms with Crippen LogP contribution in [0.25, 0.3) is 0 Å². The van der Waals surface area contributed by atoms with E-state index in [9.17, 15) is 9.59 Å². The molecule has 25 heavy (non-hydrogen) atoms. The van der Waals surface area contributed by atoms with Gasteiger partial charge in [0.1, 0.15) is 12.9 Å². The molecule has 5 nitrogen and oxygen atoms in total. The Labute approximate surface area is 148 Å². The third kappa shape index (κ3) is 4.28. The molecule has 0 aliphatic carbocycles. The number of rotatable bonds is 5. The molecule has 0 saturated heterocycles. The number of benzene rings is 2. The minimum absolute atomic E-state index is 0.0400. The molecule has 6 heteroatoms. The first-order chi connectivity index (χ1) is 12.1. The van der Waals surface area contributed by atoms with Crippen LogP contribution in [-0.4, -0.2) is 5.91 Å². The molecule has 1 N–H and O–H groups in total. The van der Waals surface area contributed by atoms with E-state index in [0.717, 1.165) is 17.9 Å². The van der Waals surface area contributed by atoms with Crippen molar-refractivity contribution in [3.8, 4) is 5.75 Å². The minimum Gasteiger partial charge on any atom is -0.482 e. The number of anilines is 1. The lowest BCUT2D eigenvalue weighted by atomic mass is 10.2. The molecule has 0 unspecified atom stereocenters. The fraction of sp³-hybridized carbons (Fsp3) is 0.0526. The Morgan fingerprint density at radius 2 is 1.80 bits per heavy atom. The molecule has 0 aliphatic rings. The third-order valence-corrected chi connectivity index (χ3v) is 3.71. The van der Waals surface area contributed by atoms with E-state index in [1.807, 2.05) is 30.3 Å². The molecule has 0 aliphatic heterocycles. The van der Waals surface area contributed by atoms with E-state index >= 15 is 0 Å². The SMILES string of the molecule is O=C(Nc1ccccc1Cl)c1cc(=O)c(OCc2ccccc2)co1. The second kappa shape index (κ2) is 7.68. The molecular weight excluding hydrogens is 342 g/mol. The van der Waals surface area contributed by atoms with Crippen molar-refractivity contribution >= 4 is 23.2 Å². The van der Waals surface area contributed by atoms with Gasteiger partial charge in [-0.05, 0) is 17.7 Å². The van der Waals surface area contributed by atoms with Crippen LogP contribution < -0.4 is 15.5 Å². The van der Waals surface area contributed by atoms with E-state index < -0.39 is 11.3 Å². The first-order valence-electron chi connectivity index (χ1n) is 7.49. The average molecular weight is 356 g/mol. The predicted molar refractivity (Wildman–Crippen MR) is 95.2 cm³/mol. The topological polar surface area (TPSA) is 68.5 Å². The number of hydrogen-bond donors (Lipinski definition) is 1. The quantitative estimate of drug-likeness (QED) is 0.747. The van der Waals surface area contributed by atoms with Crippen molar-refractivity contribution in [3.63, 3.8) is 0 Å². The Kier molecular flexibility index (Phi) is 5.16. The highest BCUT2D eigenvalue weighted by molar-refractivity contribution is 6.33. The highest BCUT2D eigenvalue weighted by atomic mass is 35.5. The van der Waals surface area contributed by atoms with Gasteiger partial charge >= 0.3 is 0 Å². The van der Waals surface area contributed by atoms with Crippen LogP contribution in [-0.2, 0) is 6.61 Å². The van der Waals surface area contributed by atoms with E-state index in [4.69, 9.17) is 20.8 Å². The summed E-state index contributed by atoms with van der Waals surface area (Å²) in [4.78, 5) is 24.3. The van der Waals surface area contributed by atoms with E-state index in [-0.39, 0.29) is 18.1 Å². The Morgan fingerprint density at radius 1 is 1.08 bits per heavy atom. The van der Waals surface area contributed by atoms with Crippen molar-refractivity contribution < 1.29 is 13.9 Å². The molecule has 0 saturated carbocycles. The van der Waals surface area contributed by atoms with Crippen LogP contribution in [0.1, 0.15) is 16.1 Å². The molecule has 0 bridgehead atoms. The van der Waals surface area contributed by atoms with E-state index in [2.05, 4.69) is 5.32 Å². The summed E-state index contributed by atoms with van der Waals surface area (Å²) in [5.41, 5.74) is 0.912. The second-order valence-electron chi connectivity index (χ2n) is 5.18. The van der Waals surface area contributed by atoms with Crippen LogP contribution in [0.15, 0.2) is 76.1 Å². The van der Waals surface area contributed by atoms with Gasteiger partial charge in [-0.1, -0.05) is 54.1 Å². The molecule has 126 valence electrons. The fourth-order valence-electron chi connectivity index (χ4n) is 2.11. The van der Waals surface area contributed by atoms with Gasteiger partial charge in [-0.3, -0.25) is 9.59 Å². The zero-order valence-corrected chi connectivity index (χ0v) is 13.8. The van der Waals surface area contributed by atoms with Crippen LogP contribution in [0.4, 0.5) is 5.69 Å². The maximum Gasteiger partial charge on any atom is 0.291 e. The van der Waals surface area contributed by atoms with Gasteiger partial charge in [0, 0.05) is 6.07 Å². The number of carbonyl (C=O) groups is 1. The summed E-state index contributed by atoms with van der Waals surface area (Å²) in [6.07, 6.45) is 1.13. The van der Waals surface area contributed by atoms with Gasteiger partial charge in [-0.15, -0.1) is 0 Å². The summed E-state index contributed by atoms with van der Waals surface area (Å²) in [5.74, 6) is -0.657. The number of ether oxygens (including phenoxy) is 1. The number of nitrogens with one attached hydrogen (secondary N) is 1. The summed E-state index contributed by atoms with van der Waals surface area (Å²) in [6, 6.07) is 17.3. The first-order valence-corrected chi connectivity index (χ1v) is 7.87. The van der Waals surface area contributed by atoms with Gasteiger partial charge in [-0.25, -0.2) is 0 Å². The van der Waals surface area contributed by atoms with Crippen molar-refractivity contribution in [2.75, 3.05) is 5.32 Å². The molecule has 1 aromatic heterocycles. The zero-order valence-electron chi connectivity index (χ0n) is 13.1. The van der Waals surface area contributed by atoms with Crippen molar-refractivity contribution in [1.29, 1.82) is 0 Å². The zero-order chi connectivity index (χ0) is 17.6. The Morgan fingerprint density at radius 3 is 2.52 bits per heavy atom. The van der Waals surface area contributed by atoms with Gasteiger partial charge < -0.3 is 14.5 Å². The van der Waals surface area contributed by atoms with Gasteiger partial charge in [-0.2, -0.15) is 0 Å². The van der Waals surface area contributed by atoms with Gasteiger partial charge in [0.15, 0.2) is 5.76 Å². The Balaban J connectivity index is 1.70. The maximum absolute atomic E-state index is 12.2. The summed E-state index contributed by atoms with van der Waals surface area (Å²) < 4.78 is 10.7. The highest BCUT2D eigenvalue weighted by Crippen LogP contribution is 2.21. The third-order valence-electron chi connectivity index (χ3n) is 3.38.